The Morgan fingerprint density at radius 3 is 1.45 bits per heavy atom. The predicted molar refractivity (Wildman–Crippen MR) is 176 cm³/mol. The van der Waals surface area contributed by atoms with Gasteiger partial charge in [-0.05, 0) is 71.8 Å². The summed E-state index contributed by atoms with van der Waals surface area (Å²) in [7, 11) is 0. The van der Waals surface area contributed by atoms with E-state index in [-0.39, 0.29) is 0 Å². The number of benzene rings is 6. The minimum atomic E-state index is 0.966. The highest BCUT2D eigenvalue weighted by atomic mass is 15.3. The molecular formula is C39H27N3. The van der Waals surface area contributed by atoms with Crippen LogP contribution in [0.25, 0.3) is 33.3 Å². The summed E-state index contributed by atoms with van der Waals surface area (Å²) in [5.74, 6) is 0. The summed E-state index contributed by atoms with van der Waals surface area (Å²) in [4.78, 5) is 9.77. The van der Waals surface area contributed by atoms with Crippen molar-refractivity contribution in [1.29, 1.82) is 0 Å². The molecule has 0 unspecified atom stereocenters. The Morgan fingerprint density at radius 1 is 0.381 bits per heavy atom. The predicted octanol–water partition coefficient (Wildman–Crippen LogP) is 10.8. The monoisotopic (exact) mass is 537 g/mol. The first-order valence-electron chi connectivity index (χ1n) is 14.2. The maximum atomic E-state index is 5.07. The number of nitrogens with zero attached hydrogens (tertiary/aromatic N) is 3. The van der Waals surface area contributed by atoms with Crippen molar-refractivity contribution in [2.75, 3.05) is 9.80 Å². The Balaban J connectivity index is 1.24. The third-order valence-corrected chi connectivity index (χ3v) is 7.96. The molecule has 0 radical (unpaired) electrons. The number of aromatic nitrogens is 1. The summed E-state index contributed by atoms with van der Waals surface area (Å²) >= 11 is 0. The fourth-order valence-corrected chi connectivity index (χ4v) is 6.04. The molecule has 0 saturated heterocycles. The average Bonchev–Trinajstić information content (AvgIpc) is 3.07. The zero-order valence-corrected chi connectivity index (χ0v) is 22.9. The second-order valence-corrected chi connectivity index (χ2v) is 10.5. The summed E-state index contributed by atoms with van der Waals surface area (Å²) in [5.41, 5.74) is 12.3. The van der Waals surface area contributed by atoms with Gasteiger partial charge in [0.05, 0.1) is 34.0 Å². The van der Waals surface area contributed by atoms with Crippen LogP contribution in [0.4, 0.5) is 34.1 Å². The molecular weight excluding hydrogens is 510 g/mol. The molecule has 198 valence electrons. The number of para-hydroxylation sites is 6. The molecule has 0 aliphatic carbocycles. The Morgan fingerprint density at radius 2 is 0.857 bits per heavy atom. The van der Waals surface area contributed by atoms with E-state index in [2.05, 4.69) is 174 Å². The van der Waals surface area contributed by atoms with Gasteiger partial charge in [-0.3, -0.25) is 0 Å². The molecule has 3 heteroatoms. The van der Waals surface area contributed by atoms with Crippen molar-refractivity contribution in [3.63, 3.8) is 0 Å². The standard InChI is InChI=1S/C39H27N3/c1-3-13-28(14-4-1)33-27-35(40-34-18-8-7-17-32(33)34)29-23-25-31(26-24-29)42-38-21-11-9-19-36(38)41(30-15-5-2-6-16-30)37-20-10-12-22-39(37)42/h1-27H. The lowest BCUT2D eigenvalue weighted by atomic mass is 9.98. The van der Waals surface area contributed by atoms with Crippen LogP contribution in [0.3, 0.4) is 0 Å². The van der Waals surface area contributed by atoms with Crippen LogP contribution in [-0.4, -0.2) is 4.98 Å². The first kappa shape index (κ1) is 24.2. The van der Waals surface area contributed by atoms with E-state index in [0.29, 0.717) is 0 Å². The minimum absolute atomic E-state index is 0.966. The van der Waals surface area contributed by atoms with Crippen molar-refractivity contribution in [3.05, 3.63) is 164 Å². The van der Waals surface area contributed by atoms with Gasteiger partial charge in [0, 0.05) is 22.3 Å². The molecule has 0 amide bonds. The van der Waals surface area contributed by atoms with E-state index in [9.17, 15) is 0 Å². The normalized spacial score (nSPS) is 12.2. The second-order valence-electron chi connectivity index (χ2n) is 10.5. The van der Waals surface area contributed by atoms with Gasteiger partial charge in [-0.1, -0.05) is 103 Å². The van der Waals surface area contributed by atoms with Crippen LogP contribution in [0.5, 0.6) is 0 Å². The molecule has 0 N–H and O–H groups in total. The van der Waals surface area contributed by atoms with E-state index in [0.717, 1.165) is 56.3 Å². The number of hydrogen-bond acceptors (Lipinski definition) is 3. The summed E-state index contributed by atoms with van der Waals surface area (Å²) in [6, 6.07) is 57.8. The first-order valence-corrected chi connectivity index (χ1v) is 14.2. The Labute approximate surface area is 245 Å². The summed E-state index contributed by atoms with van der Waals surface area (Å²) < 4.78 is 0. The van der Waals surface area contributed by atoms with Crippen LogP contribution in [0, 0.1) is 0 Å². The second kappa shape index (κ2) is 10.1. The highest BCUT2D eigenvalue weighted by molar-refractivity contribution is 6.01. The molecule has 42 heavy (non-hydrogen) atoms. The van der Waals surface area contributed by atoms with Gasteiger partial charge in [0.15, 0.2) is 0 Å². The molecule has 0 atom stereocenters. The van der Waals surface area contributed by atoms with Gasteiger partial charge < -0.3 is 9.80 Å². The van der Waals surface area contributed by atoms with Crippen molar-refractivity contribution in [3.8, 4) is 22.4 Å². The van der Waals surface area contributed by atoms with Gasteiger partial charge in [0.2, 0.25) is 0 Å². The van der Waals surface area contributed by atoms with E-state index in [4.69, 9.17) is 4.98 Å². The topological polar surface area (TPSA) is 19.4 Å². The molecule has 0 spiro atoms. The van der Waals surface area contributed by atoms with Gasteiger partial charge in [0.1, 0.15) is 0 Å². The average molecular weight is 538 g/mol. The van der Waals surface area contributed by atoms with Crippen LogP contribution < -0.4 is 9.80 Å². The fourth-order valence-electron chi connectivity index (χ4n) is 6.04. The molecule has 1 aliphatic rings. The number of pyridine rings is 1. The van der Waals surface area contributed by atoms with E-state index in [1.165, 1.54) is 11.1 Å². The molecule has 1 aliphatic heterocycles. The fraction of sp³-hybridized carbons (Fsp3) is 0. The SMILES string of the molecule is c1ccc(-c2cc(-c3ccc(N4c5ccccc5N(c5ccccc5)c5ccccc54)cc3)nc3ccccc23)cc1. The highest BCUT2D eigenvalue weighted by Gasteiger charge is 2.29. The molecule has 6 aromatic carbocycles. The summed E-state index contributed by atoms with van der Waals surface area (Å²) in [6.07, 6.45) is 0. The molecule has 0 saturated carbocycles. The molecule has 0 fully saturated rings. The number of fused-ring (bicyclic) bond motifs is 3. The number of hydrogen-bond donors (Lipinski definition) is 0. The third kappa shape index (κ3) is 4.03. The lowest BCUT2D eigenvalue weighted by molar-refractivity contribution is 1.17. The number of rotatable bonds is 4. The van der Waals surface area contributed by atoms with Gasteiger partial charge in [-0.2, -0.15) is 0 Å². The van der Waals surface area contributed by atoms with Crippen molar-refractivity contribution in [2.24, 2.45) is 0 Å². The minimum Gasteiger partial charge on any atom is -0.306 e. The van der Waals surface area contributed by atoms with Crippen molar-refractivity contribution in [2.45, 2.75) is 0 Å². The van der Waals surface area contributed by atoms with E-state index in [1.807, 2.05) is 0 Å². The zero-order chi connectivity index (χ0) is 27.9. The van der Waals surface area contributed by atoms with Gasteiger partial charge in [0.25, 0.3) is 0 Å². The van der Waals surface area contributed by atoms with Crippen LogP contribution in [0.1, 0.15) is 0 Å². The molecule has 2 heterocycles. The zero-order valence-electron chi connectivity index (χ0n) is 22.9. The summed E-state index contributed by atoms with van der Waals surface area (Å²) in [5, 5.41) is 1.16. The smallest absolute Gasteiger partial charge is 0.0715 e. The Kier molecular flexibility index (Phi) is 5.79. The van der Waals surface area contributed by atoms with Crippen LogP contribution >= 0.6 is 0 Å². The molecule has 0 bridgehead atoms. The molecule has 8 rings (SSSR count). The molecule has 7 aromatic rings. The lowest BCUT2D eigenvalue weighted by Gasteiger charge is -2.40. The van der Waals surface area contributed by atoms with Gasteiger partial charge >= 0.3 is 0 Å². The maximum absolute atomic E-state index is 5.07. The van der Waals surface area contributed by atoms with E-state index in [1.54, 1.807) is 0 Å². The van der Waals surface area contributed by atoms with Crippen molar-refractivity contribution >= 4 is 45.0 Å². The van der Waals surface area contributed by atoms with Crippen LogP contribution in [0.15, 0.2) is 164 Å². The maximum Gasteiger partial charge on any atom is 0.0715 e. The van der Waals surface area contributed by atoms with Crippen molar-refractivity contribution < 1.29 is 0 Å². The van der Waals surface area contributed by atoms with Crippen molar-refractivity contribution in [1.82, 2.24) is 4.98 Å². The Bertz CT molecular complexity index is 1990. The van der Waals surface area contributed by atoms with Crippen LogP contribution in [0.2, 0.25) is 0 Å². The Hall–Kier alpha value is -5.67. The highest BCUT2D eigenvalue weighted by Crippen LogP contribution is 2.53. The molecule has 1 aromatic heterocycles. The first-order chi connectivity index (χ1) is 20.8. The van der Waals surface area contributed by atoms with E-state index >= 15 is 0 Å². The third-order valence-electron chi connectivity index (χ3n) is 7.96. The largest absolute Gasteiger partial charge is 0.306 e. The van der Waals surface area contributed by atoms with Crippen LogP contribution in [-0.2, 0) is 0 Å². The van der Waals surface area contributed by atoms with Gasteiger partial charge in [-0.15, -0.1) is 0 Å². The van der Waals surface area contributed by atoms with E-state index < -0.39 is 0 Å². The number of anilines is 6. The lowest BCUT2D eigenvalue weighted by Crippen LogP contribution is -2.23. The van der Waals surface area contributed by atoms with Gasteiger partial charge in [-0.25, -0.2) is 4.98 Å². The quantitative estimate of drug-likeness (QED) is 0.223. The molecule has 3 nitrogen and oxygen atoms in total. The summed E-state index contributed by atoms with van der Waals surface area (Å²) in [6.45, 7) is 0.